The third kappa shape index (κ3) is 4.51. The molecule has 2 N–H and O–H groups in total. The van der Waals surface area contributed by atoms with Crippen LogP contribution in [0.2, 0.25) is 0 Å². The van der Waals surface area contributed by atoms with Gasteiger partial charge in [-0.2, -0.15) is 0 Å². The predicted octanol–water partition coefficient (Wildman–Crippen LogP) is 2.17. The van der Waals surface area contributed by atoms with E-state index >= 15 is 0 Å². The molecule has 8 nitrogen and oxygen atoms in total. The van der Waals surface area contributed by atoms with Crippen LogP contribution in [0.1, 0.15) is 66.7 Å². The number of carbonyl (C=O) groups is 3. The van der Waals surface area contributed by atoms with Crippen molar-refractivity contribution >= 4 is 17.7 Å². The summed E-state index contributed by atoms with van der Waals surface area (Å²) in [6, 6.07) is -0.683. The lowest BCUT2D eigenvalue weighted by molar-refractivity contribution is -0.142. The molecule has 3 aliphatic heterocycles. The van der Waals surface area contributed by atoms with E-state index in [0.29, 0.717) is 32.1 Å². The second kappa shape index (κ2) is 9.61. The summed E-state index contributed by atoms with van der Waals surface area (Å²) in [4.78, 5) is 42.5. The van der Waals surface area contributed by atoms with Crippen molar-refractivity contribution in [2.45, 2.75) is 96.1 Å². The van der Waals surface area contributed by atoms with Crippen LogP contribution in [0.25, 0.3) is 0 Å². The van der Waals surface area contributed by atoms with Crippen molar-refractivity contribution in [3.8, 4) is 0 Å². The fourth-order valence-electron chi connectivity index (χ4n) is 6.24. The number of hydrogen-bond donors (Lipinski definition) is 2. The van der Waals surface area contributed by atoms with Crippen molar-refractivity contribution < 1.29 is 23.9 Å². The van der Waals surface area contributed by atoms with Crippen LogP contribution in [0.4, 0.5) is 0 Å². The Morgan fingerprint density at radius 1 is 1.24 bits per heavy atom. The van der Waals surface area contributed by atoms with Crippen molar-refractivity contribution in [2.24, 2.45) is 17.8 Å². The summed E-state index contributed by atoms with van der Waals surface area (Å²) in [6.45, 7) is 11.4. The molecule has 0 radical (unpaired) electrons. The highest BCUT2D eigenvalue weighted by molar-refractivity contribution is 6.00. The second-order valence-corrected chi connectivity index (χ2v) is 11.4. The van der Waals surface area contributed by atoms with Crippen LogP contribution in [0.15, 0.2) is 12.2 Å². The molecule has 3 fully saturated rings. The lowest BCUT2D eigenvalue weighted by Gasteiger charge is -2.34. The van der Waals surface area contributed by atoms with Crippen molar-refractivity contribution in [2.75, 3.05) is 19.8 Å². The monoisotopic (exact) mass is 475 g/mol. The maximum Gasteiger partial charge on any atom is 0.246 e. The number of nitrogens with zero attached hydrogens (tertiary/aromatic N) is 1. The standard InChI is InChI=1S/C26H41N3O5/c1-6-33-15-9-14-29-21(23(31)28-25(3,4)5)26-13-12-18(34-26)19(20(26)24(29)32)22(30)27-17-11-8-7-10-16(17)2/h12-13,16-21H,6-11,14-15H2,1-5H3,(H,27,30)(H,28,31)/t16-,17-,18-,19-,20+,21-,26+/m1/s1. The SMILES string of the molecule is CCOCCCN1C(=O)[C@@H]2[C@H](C(=O)N[C@@H]3CCCC[C@H]3C)[C@H]3C=C[C@@]2(O3)[C@H]1C(=O)NC(C)(C)C. The van der Waals surface area contributed by atoms with Gasteiger partial charge in [-0.05, 0) is 52.9 Å². The fourth-order valence-corrected chi connectivity index (χ4v) is 6.24. The third-order valence-electron chi connectivity index (χ3n) is 7.75. The van der Waals surface area contributed by atoms with Crippen LogP contribution in [-0.4, -0.2) is 71.7 Å². The van der Waals surface area contributed by atoms with E-state index in [-0.39, 0.29) is 23.8 Å². The number of fused-ring (bicyclic) bond motifs is 1. The van der Waals surface area contributed by atoms with Crippen LogP contribution in [0.3, 0.4) is 0 Å². The zero-order chi connectivity index (χ0) is 24.7. The van der Waals surface area contributed by atoms with Gasteiger partial charge >= 0.3 is 0 Å². The van der Waals surface area contributed by atoms with Crippen molar-refractivity contribution in [1.82, 2.24) is 15.5 Å². The molecule has 190 valence electrons. The zero-order valence-corrected chi connectivity index (χ0v) is 21.3. The van der Waals surface area contributed by atoms with Crippen LogP contribution >= 0.6 is 0 Å². The van der Waals surface area contributed by atoms with E-state index in [4.69, 9.17) is 9.47 Å². The van der Waals surface area contributed by atoms with Gasteiger partial charge in [-0.25, -0.2) is 0 Å². The molecule has 4 rings (SSSR count). The summed E-state index contributed by atoms with van der Waals surface area (Å²) in [6.07, 6.45) is 8.23. The molecule has 0 unspecified atom stereocenters. The van der Waals surface area contributed by atoms with E-state index < -0.39 is 35.1 Å². The Bertz CT molecular complexity index is 837. The molecule has 4 aliphatic rings. The van der Waals surface area contributed by atoms with Gasteiger partial charge in [0.2, 0.25) is 17.7 Å². The maximum atomic E-state index is 13.8. The van der Waals surface area contributed by atoms with Gasteiger partial charge in [0.05, 0.1) is 17.9 Å². The minimum atomic E-state index is -1.11. The lowest BCUT2D eigenvalue weighted by atomic mass is 9.73. The normalized spacial score (nSPS) is 36.6. The predicted molar refractivity (Wildman–Crippen MR) is 128 cm³/mol. The van der Waals surface area contributed by atoms with Crippen LogP contribution in [-0.2, 0) is 23.9 Å². The average molecular weight is 476 g/mol. The summed E-state index contributed by atoms with van der Waals surface area (Å²) in [5.41, 5.74) is -1.57. The molecule has 1 aliphatic carbocycles. The fraction of sp³-hybridized carbons (Fsp3) is 0.808. The minimum absolute atomic E-state index is 0.124. The first-order valence-corrected chi connectivity index (χ1v) is 13.0. The molecule has 0 aromatic rings. The van der Waals surface area contributed by atoms with Crippen molar-refractivity contribution in [3.63, 3.8) is 0 Å². The molecule has 34 heavy (non-hydrogen) atoms. The van der Waals surface area contributed by atoms with E-state index in [2.05, 4.69) is 17.6 Å². The van der Waals surface area contributed by atoms with Gasteiger partial charge in [-0.1, -0.05) is 31.9 Å². The largest absolute Gasteiger partial charge is 0.382 e. The molecule has 7 atom stereocenters. The van der Waals surface area contributed by atoms with Crippen LogP contribution in [0, 0.1) is 17.8 Å². The van der Waals surface area contributed by atoms with Gasteiger partial charge in [-0.15, -0.1) is 0 Å². The molecule has 2 saturated heterocycles. The summed E-state index contributed by atoms with van der Waals surface area (Å²) in [7, 11) is 0. The minimum Gasteiger partial charge on any atom is -0.382 e. The number of nitrogens with one attached hydrogen (secondary N) is 2. The molecule has 2 bridgehead atoms. The number of rotatable bonds is 8. The maximum absolute atomic E-state index is 13.8. The Morgan fingerprint density at radius 2 is 1.97 bits per heavy atom. The Balaban J connectivity index is 1.59. The van der Waals surface area contributed by atoms with E-state index in [1.54, 1.807) is 4.90 Å². The number of hydrogen-bond acceptors (Lipinski definition) is 5. The van der Waals surface area contributed by atoms with E-state index in [0.717, 1.165) is 19.3 Å². The highest BCUT2D eigenvalue weighted by Crippen LogP contribution is 2.55. The summed E-state index contributed by atoms with van der Waals surface area (Å²) in [5, 5.41) is 6.28. The molecule has 0 aromatic carbocycles. The van der Waals surface area contributed by atoms with Gasteiger partial charge < -0.3 is 25.0 Å². The summed E-state index contributed by atoms with van der Waals surface area (Å²) >= 11 is 0. The highest BCUT2D eigenvalue weighted by atomic mass is 16.5. The first-order chi connectivity index (χ1) is 16.1. The van der Waals surface area contributed by atoms with Gasteiger partial charge in [0.25, 0.3) is 0 Å². The molecule has 3 amide bonds. The van der Waals surface area contributed by atoms with Crippen LogP contribution in [0.5, 0.6) is 0 Å². The topological polar surface area (TPSA) is 97.0 Å². The van der Waals surface area contributed by atoms with E-state index in [9.17, 15) is 14.4 Å². The van der Waals surface area contributed by atoms with Gasteiger partial charge in [-0.3, -0.25) is 14.4 Å². The Morgan fingerprint density at radius 3 is 2.65 bits per heavy atom. The van der Waals surface area contributed by atoms with Crippen molar-refractivity contribution in [3.05, 3.63) is 12.2 Å². The van der Waals surface area contributed by atoms with E-state index in [1.807, 2.05) is 39.8 Å². The Kier molecular flexibility index (Phi) is 7.11. The first-order valence-electron chi connectivity index (χ1n) is 13.0. The number of likely N-dealkylation sites (tertiary alicyclic amines) is 1. The molecule has 8 heteroatoms. The number of amides is 3. The average Bonchev–Trinajstić information content (AvgIpc) is 3.39. The summed E-state index contributed by atoms with van der Waals surface area (Å²) < 4.78 is 11.8. The second-order valence-electron chi connectivity index (χ2n) is 11.4. The van der Waals surface area contributed by atoms with Crippen LogP contribution < -0.4 is 10.6 Å². The van der Waals surface area contributed by atoms with E-state index in [1.165, 1.54) is 6.42 Å². The lowest BCUT2D eigenvalue weighted by Crippen LogP contribution is -2.58. The number of carbonyl (C=O) groups excluding carboxylic acids is 3. The van der Waals surface area contributed by atoms with Gasteiger partial charge in [0.1, 0.15) is 11.6 Å². The summed E-state index contributed by atoms with van der Waals surface area (Å²) in [5.74, 6) is -1.43. The smallest absolute Gasteiger partial charge is 0.246 e. The molecule has 0 aromatic heterocycles. The Labute approximate surface area is 203 Å². The molecule has 1 spiro atoms. The quantitative estimate of drug-likeness (QED) is 0.414. The molecule has 1 saturated carbocycles. The molecular formula is C26H41N3O5. The van der Waals surface area contributed by atoms with Crippen molar-refractivity contribution in [1.29, 1.82) is 0 Å². The Hall–Kier alpha value is -1.93. The molecular weight excluding hydrogens is 434 g/mol. The number of ether oxygens (including phenoxy) is 2. The van der Waals surface area contributed by atoms with Gasteiger partial charge in [0.15, 0.2) is 0 Å². The zero-order valence-electron chi connectivity index (χ0n) is 21.3. The first kappa shape index (κ1) is 25.2. The highest BCUT2D eigenvalue weighted by Gasteiger charge is 2.72. The molecule has 3 heterocycles. The third-order valence-corrected chi connectivity index (χ3v) is 7.75. The van der Waals surface area contributed by atoms with Gasteiger partial charge in [0, 0.05) is 31.3 Å².